The van der Waals surface area contributed by atoms with Gasteiger partial charge in [-0.1, -0.05) is 28.9 Å². The third-order valence-electron chi connectivity index (χ3n) is 3.46. The van der Waals surface area contributed by atoms with Crippen LogP contribution in [0.15, 0.2) is 18.2 Å². The molecule has 2 nitrogen and oxygen atoms in total. The highest BCUT2D eigenvalue weighted by Crippen LogP contribution is 2.38. The zero-order valence-corrected chi connectivity index (χ0v) is 12.8. The lowest BCUT2D eigenvalue weighted by Gasteiger charge is -2.35. The van der Waals surface area contributed by atoms with E-state index in [1.165, 1.54) is 6.07 Å². The number of alkyl halides is 4. The van der Waals surface area contributed by atoms with Gasteiger partial charge in [0, 0.05) is 24.1 Å². The van der Waals surface area contributed by atoms with Crippen LogP contribution in [0.5, 0.6) is 0 Å². The Morgan fingerprint density at radius 1 is 1.40 bits per heavy atom. The second-order valence-corrected chi connectivity index (χ2v) is 5.39. The first-order valence-electron chi connectivity index (χ1n) is 6.58. The van der Waals surface area contributed by atoms with Gasteiger partial charge in [0.15, 0.2) is 0 Å². The van der Waals surface area contributed by atoms with Crippen LogP contribution < -0.4 is 4.90 Å². The summed E-state index contributed by atoms with van der Waals surface area (Å²) in [6.45, 7) is 3.45. The molecule has 0 saturated carbocycles. The largest absolute Gasteiger partial charge is 0.418 e. The van der Waals surface area contributed by atoms with E-state index in [4.69, 9.17) is 4.74 Å². The Bertz CT molecular complexity index is 464. The molecule has 0 N–H and O–H groups in total. The molecule has 112 valence electrons. The van der Waals surface area contributed by atoms with Crippen molar-refractivity contribution in [3.63, 3.8) is 0 Å². The van der Waals surface area contributed by atoms with Crippen molar-refractivity contribution in [2.24, 2.45) is 0 Å². The molecule has 0 aliphatic carbocycles. The van der Waals surface area contributed by atoms with Crippen molar-refractivity contribution in [2.45, 2.75) is 31.0 Å². The minimum atomic E-state index is -4.34. The van der Waals surface area contributed by atoms with Crippen LogP contribution in [0.3, 0.4) is 0 Å². The first-order valence-corrected chi connectivity index (χ1v) is 7.70. The van der Waals surface area contributed by atoms with E-state index in [1.54, 1.807) is 17.0 Å². The number of hydrogen-bond acceptors (Lipinski definition) is 2. The summed E-state index contributed by atoms with van der Waals surface area (Å²) in [6, 6.07) is 4.52. The maximum atomic E-state index is 13.2. The van der Waals surface area contributed by atoms with Crippen LogP contribution in [0.4, 0.5) is 18.9 Å². The number of benzene rings is 1. The summed E-state index contributed by atoms with van der Waals surface area (Å²) in [5.41, 5.74) is 0.316. The summed E-state index contributed by atoms with van der Waals surface area (Å²) in [7, 11) is 0. The lowest BCUT2D eigenvalue weighted by Crippen LogP contribution is -2.43. The van der Waals surface area contributed by atoms with E-state index in [0.717, 1.165) is 6.42 Å². The summed E-state index contributed by atoms with van der Waals surface area (Å²) >= 11 is 3.20. The Hall–Kier alpha value is -0.750. The highest BCUT2D eigenvalue weighted by molar-refractivity contribution is 9.08. The van der Waals surface area contributed by atoms with E-state index < -0.39 is 11.7 Å². The average Bonchev–Trinajstić information content (AvgIpc) is 2.45. The molecule has 1 atom stereocenters. The molecule has 0 spiro atoms. The van der Waals surface area contributed by atoms with E-state index in [1.807, 2.05) is 6.92 Å². The van der Waals surface area contributed by atoms with Gasteiger partial charge in [0.05, 0.1) is 18.3 Å². The molecule has 1 fully saturated rings. The third-order valence-corrected chi connectivity index (χ3v) is 4.10. The van der Waals surface area contributed by atoms with Gasteiger partial charge < -0.3 is 9.64 Å². The normalized spacial score (nSPS) is 20.2. The van der Waals surface area contributed by atoms with Crippen LogP contribution in [0.2, 0.25) is 0 Å². The molecule has 1 aromatic carbocycles. The van der Waals surface area contributed by atoms with Crippen molar-refractivity contribution in [3.05, 3.63) is 29.3 Å². The van der Waals surface area contributed by atoms with Gasteiger partial charge in [0.25, 0.3) is 0 Å². The van der Waals surface area contributed by atoms with E-state index in [0.29, 0.717) is 30.6 Å². The smallest absolute Gasteiger partial charge is 0.375 e. The molecule has 0 bridgehead atoms. The maximum Gasteiger partial charge on any atom is 0.418 e. The highest BCUT2D eigenvalue weighted by Gasteiger charge is 2.36. The molecule has 1 heterocycles. The minimum Gasteiger partial charge on any atom is -0.375 e. The Morgan fingerprint density at radius 2 is 2.15 bits per heavy atom. The van der Waals surface area contributed by atoms with Gasteiger partial charge >= 0.3 is 6.18 Å². The molecular weight excluding hydrogens is 335 g/mol. The Morgan fingerprint density at radius 3 is 2.75 bits per heavy atom. The number of hydrogen-bond donors (Lipinski definition) is 0. The Kier molecular flexibility index (Phi) is 4.96. The zero-order valence-electron chi connectivity index (χ0n) is 11.2. The zero-order chi connectivity index (χ0) is 14.8. The minimum absolute atomic E-state index is 0.000635. The van der Waals surface area contributed by atoms with Crippen LogP contribution in [0.25, 0.3) is 0 Å². The van der Waals surface area contributed by atoms with Gasteiger partial charge in [0.1, 0.15) is 0 Å². The van der Waals surface area contributed by atoms with Crippen molar-refractivity contribution < 1.29 is 17.9 Å². The predicted octanol–water partition coefficient (Wildman–Crippen LogP) is 4.22. The van der Waals surface area contributed by atoms with E-state index in [9.17, 15) is 13.2 Å². The summed E-state index contributed by atoms with van der Waals surface area (Å²) < 4.78 is 45.2. The molecule has 1 unspecified atom stereocenters. The van der Waals surface area contributed by atoms with Crippen LogP contribution in [0.1, 0.15) is 24.5 Å². The average molecular weight is 352 g/mol. The second-order valence-electron chi connectivity index (χ2n) is 4.83. The Balaban J connectivity index is 2.35. The number of ether oxygens (including phenoxy) is 1. The number of anilines is 1. The molecule has 1 aliphatic heterocycles. The van der Waals surface area contributed by atoms with Gasteiger partial charge in [-0.25, -0.2) is 0 Å². The number of nitrogens with zero attached hydrogens (tertiary/aromatic N) is 1. The fourth-order valence-electron chi connectivity index (χ4n) is 2.35. The second kappa shape index (κ2) is 6.35. The van der Waals surface area contributed by atoms with Gasteiger partial charge in [-0.3, -0.25) is 0 Å². The van der Waals surface area contributed by atoms with Gasteiger partial charge in [-0.15, -0.1) is 0 Å². The van der Waals surface area contributed by atoms with Crippen molar-refractivity contribution in [1.29, 1.82) is 0 Å². The van der Waals surface area contributed by atoms with E-state index in [-0.39, 0.29) is 11.8 Å². The number of morpholine rings is 1. The first kappa shape index (κ1) is 15.6. The number of rotatable bonds is 3. The standard InChI is InChI=1S/C14H17BrF3NO/c1-2-11-9-19(5-6-20-11)13-4-3-10(8-15)7-12(13)14(16,17)18/h3-4,7,11H,2,5-6,8-9H2,1H3. The van der Waals surface area contributed by atoms with Gasteiger partial charge in [0.2, 0.25) is 0 Å². The molecule has 0 amide bonds. The maximum absolute atomic E-state index is 13.2. The lowest BCUT2D eigenvalue weighted by molar-refractivity contribution is -0.137. The van der Waals surface area contributed by atoms with Gasteiger partial charge in [-0.05, 0) is 24.1 Å². The topological polar surface area (TPSA) is 12.5 Å². The first-order chi connectivity index (χ1) is 9.45. The van der Waals surface area contributed by atoms with Crippen molar-refractivity contribution in [3.8, 4) is 0 Å². The van der Waals surface area contributed by atoms with E-state index >= 15 is 0 Å². The highest BCUT2D eigenvalue weighted by atomic mass is 79.9. The third kappa shape index (κ3) is 3.47. The molecule has 1 aliphatic rings. The molecule has 0 radical (unpaired) electrons. The fourth-order valence-corrected chi connectivity index (χ4v) is 2.70. The van der Waals surface area contributed by atoms with Crippen molar-refractivity contribution >= 4 is 21.6 Å². The summed E-state index contributed by atoms with van der Waals surface area (Å²) in [5, 5.41) is 0.414. The lowest BCUT2D eigenvalue weighted by atomic mass is 10.1. The van der Waals surface area contributed by atoms with Crippen molar-refractivity contribution in [2.75, 3.05) is 24.6 Å². The quantitative estimate of drug-likeness (QED) is 0.756. The predicted molar refractivity (Wildman–Crippen MR) is 76.3 cm³/mol. The molecule has 0 aromatic heterocycles. The summed E-state index contributed by atoms with van der Waals surface area (Å²) in [4.78, 5) is 1.78. The molecule has 2 rings (SSSR count). The molecule has 1 saturated heterocycles. The fraction of sp³-hybridized carbons (Fsp3) is 0.571. The van der Waals surface area contributed by atoms with Crippen molar-refractivity contribution in [1.82, 2.24) is 0 Å². The molecule has 20 heavy (non-hydrogen) atoms. The SMILES string of the molecule is CCC1CN(c2ccc(CBr)cc2C(F)(F)F)CCO1. The van der Waals surface area contributed by atoms with Crippen LogP contribution in [-0.2, 0) is 16.2 Å². The monoisotopic (exact) mass is 351 g/mol. The molecular formula is C14H17BrF3NO. The number of halogens is 4. The van der Waals surface area contributed by atoms with Gasteiger partial charge in [-0.2, -0.15) is 13.2 Å². The Labute approximate surface area is 125 Å². The van der Waals surface area contributed by atoms with E-state index in [2.05, 4.69) is 15.9 Å². The van der Waals surface area contributed by atoms with Crippen LogP contribution >= 0.6 is 15.9 Å². The summed E-state index contributed by atoms with van der Waals surface area (Å²) in [6.07, 6.45) is -3.54. The molecule has 6 heteroatoms. The summed E-state index contributed by atoms with van der Waals surface area (Å²) in [5.74, 6) is 0. The van der Waals surface area contributed by atoms with Crippen LogP contribution in [-0.4, -0.2) is 25.8 Å². The molecule has 1 aromatic rings. The van der Waals surface area contributed by atoms with Crippen LogP contribution in [0, 0.1) is 0 Å².